The third kappa shape index (κ3) is 3.18. The van der Waals surface area contributed by atoms with Crippen LogP contribution in [0.1, 0.15) is 47.3 Å². The quantitative estimate of drug-likeness (QED) is 0.917. The molecular formula is C19H23ClN4O. The predicted molar refractivity (Wildman–Crippen MR) is 98.7 cm³/mol. The molecular weight excluding hydrogens is 336 g/mol. The van der Waals surface area contributed by atoms with E-state index in [-0.39, 0.29) is 5.91 Å². The first-order valence-electron chi connectivity index (χ1n) is 8.91. The zero-order valence-corrected chi connectivity index (χ0v) is 15.4. The van der Waals surface area contributed by atoms with Crippen molar-refractivity contribution in [3.05, 3.63) is 46.2 Å². The molecule has 0 radical (unpaired) electrons. The summed E-state index contributed by atoms with van der Waals surface area (Å²) in [7, 11) is 0. The summed E-state index contributed by atoms with van der Waals surface area (Å²) in [6.45, 7) is 6.42. The predicted octanol–water partition coefficient (Wildman–Crippen LogP) is 3.15. The number of piperazine rings is 1. The molecule has 1 saturated heterocycles. The van der Waals surface area contributed by atoms with Gasteiger partial charge in [-0.25, -0.2) is 4.68 Å². The minimum Gasteiger partial charge on any atom is -0.336 e. The molecule has 1 aromatic carbocycles. The molecule has 2 aliphatic rings. The van der Waals surface area contributed by atoms with Gasteiger partial charge in [0.05, 0.1) is 23.1 Å². The van der Waals surface area contributed by atoms with Crippen LogP contribution in [-0.4, -0.2) is 46.3 Å². The maximum atomic E-state index is 13.1. The summed E-state index contributed by atoms with van der Waals surface area (Å²) in [5.41, 5.74) is 3.74. The monoisotopic (exact) mass is 358 g/mol. The molecule has 0 bridgehead atoms. The molecule has 6 heteroatoms. The van der Waals surface area contributed by atoms with E-state index < -0.39 is 0 Å². The van der Waals surface area contributed by atoms with E-state index in [9.17, 15) is 4.79 Å². The fourth-order valence-electron chi connectivity index (χ4n) is 3.48. The Kier molecular flexibility index (Phi) is 4.29. The Morgan fingerprint density at radius 2 is 2.16 bits per heavy atom. The zero-order chi connectivity index (χ0) is 17.6. The van der Waals surface area contributed by atoms with Crippen LogP contribution < -0.4 is 5.32 Å². The second-order valence-corrected chi connectivity index (χ2v) is 7.58. The second-order valence-electron chi connectivity index (χ2n) is 7.17. The van der Waals surface area contributed by atoms with Crippen molar-refractivity contribution in [3.63, 3.8) is 0 Å². The first-order chi connectivity index (χ1) is 12.0. The van der Waals surface area contributed by atoms with E-state index in [2.05, 4.69) is 17.3 Å². The summed E-state index contributed by atoms with van der Waals surface area (Å²) in [6, 6.07) is 6.27. The van der Waals surface area contributed by atoms with E-state index in [1.807, 2.05) is 34.7 Å². The Labute approximate surface area is 153 Å². The maximum absolute atomic E-state index is 13.1. The average molecular weight is 359 g/mol. The van der Waals surface area contributed by atoms with Gasteiger partial charge in [-0.15, -0.1) is 0 Å². The van der Waals surface area contributed by atoms with Gasteiger partial charge in [-0.1, -0.05) is 17.7 Å². The number of amides is 1. The molecule has 132 valence electrons. The van der Waals surface area contributed by atoms with Crippen molar-refractivity contribution in [1.29, 1.82) is 0 Å². The number of aromatic nitrogens is 2. The molecule has 0 spiro atoms. The topological polar surface area (TPSA) is 50.2 Å². The van der Waals surface area contributed by atoms with E-state index in [1.165, 1.54) is 0 Å². The van der Waals surface area contributed by atoms with Gasteiger partial charge in [-0.2, -0.15) is 5.10 Å². The van der Waals surface area contributed by atoms with Crippen molar-refractivity contribution in [2.45, 2.75) is 38.6 Å². The summed E-state index contributed by atoms with van der Waals surface area (Å²) in [5.74, 6) is 0.515. The average Bonchev–Trinajstić information content (AvgIpc) is 3.35. The van der Waals surface area contributed by atoms with E-state index >= 15 is 0 Å². The van der Waals surface area contributed by atoms with Gasteiger partial charge >= 0.3 is 0 Å². The van der Waals surface area contributed by atoms with Crippen LogP contribution in [0.15, 0.2) is 24.4 Å². The lowest BCUT2D eigenvalue weighted by Gasteiger charge is -2.32. The summed E-state index contributed by atoms with van der Waals surface area (Å²) in [5, 5.41) is 8.65. The highest BCUT2D eigenvalue weighted by Crippen LogP contribution is 2.43. The highest BCUT2D eigenvalue weighted by molar-refractivity contribution is 6.31. The van der Waals surface area contributed by atoms with Gasteiger partial charge in [0.15, 0.2) is 0 Å². The first kappa shape index (κ1) is 16.6. The fourth-order valence-corrected chi connectivity index (χ4v) is 3.65. The Morgan fingerprint density at radius 1 is 1.36 bits per heavy atom. The molecule has 5 nitrogen and oxygen atoms in total. The summed E-state index contributed by atoms with van der Waals surface area (Å²) >= 11 is 6.30. The third-order valence-corrected chi connectivity index (χ3v) is 5.46. The maximum Gasteiger partial charge on any atom is 0.257 e. The Balaban J connectivity index is 1.71. The van der Waals surface area contributed by atoms with Crippen LogP contribution in [0.25, 0.3) is 5.69 Å². The van der Waals surface area contributed by atoms with Crippen LogP contribution in [0.2, 0.25) is 5.02 Å². The fraction of sp³-hybridized carbons (Fsp3) is 0.474. The van der Waals surface area contributed by atoms with Crippen LogP contribution in [0, 0.1) is 6.92 Å². The van der Waals surface area contributed by atoms with Crippen molar-refractivity contribution in [1.82, 2.24) is 20.0 Å². The second kappa shape index (κ2) is 6.46. The molecule has 1 aliphatic heterocycles. The van der Waals surface area contributed by atoms with Crippen LogP contribution >= 0.6 is 11.6 Å². The van der Waals surface area contributed by atoms with Gasteiger partial charge in [0, 0.05) is 36.6 Å². The summed E-state index contributed by atoms with van der Waals surface area (Å²) in [6.07, 6.45) is 3.96. The Hall–Kier alpha value is -1.85. The molecule has 1 amide bonds. The number of rotatable bonds is 3. The molecule has 2 heterocycles. The molecule has 25 heavy (non-hydrogen) atoms. The molecule has 1 aliphatic carbocycles. The zero-order valence-electron chi connectivity index (χ0n) is 14.6. The normalized spacial score (nSPS) is 20.8. The van der Waals surface area contributed by atoms with Crippen molar-refractivity contribution in [3.8, 4) is 5.69 Å². The van der Waals surface area contributed by atoms with Gasteiger partial charge in [-0.05, 0) is 44.4 Å². The van der Waals surface area contributed by atoms with Gasteiger partial charge < -0.3 is 10.2 Å². The number of nitrogens with one attached hydrogen (secondary N) is 1. The van der Waals surface area contributed by atoms with Crippen molar-refractivity contribution in [2.75, 3.05) is 19.6 Å². The van der Waals surface area contributed by atoms with Crippen molar-refractivity contribution < 1.29 is 4.79 Å². The van der Waals surface area contributed by atoms with Gasteiger partial charge in [0.1, 0.15) is 0 Å². The number of hydrogen-bond acceptors (Lipinski definition) is 3. The number of halogens is 1. The van der Waals surface area contributed by atoms with Crippen molar-refractivity contribution in [2.24, 2.45) is 0 Å². The van der Waals surface area contributed by atoms with Crippen LogP contribution in [0.4, 0.5) is 0 Å². The lowest BCUT2D eigenvalue weighted by atomic mass is 10.1. The standard InChI is InChI=1S/C19H23ClN4O/c1-12-3-6-15(9-17(12)20)24-18(14-4-5-14)16(10-22-24)19(25)23-8-7-21-13(2)11-23/h3,6,9-10,13-14,21H,4-5,7-8,11H2,1-2H3. The van der Waals surface area contributed by atoms with Crippen molar-refractivity contribution >= 4 is 17.5 Å². The number of carbonyl (C=O) groups excluding carboxylic acids is 1. The summed E-state index contributed by atoms with van der Waals surface area (Å²) < 4.78 is 1.90. The highest BCUT2D eigenvalue weighted by Gasteiger charge is 2.35. The van der Waals surface area contributed by atoms with Crippen LogP contribution in [-0.2, 0) is 0 Å². The largest absolute Gasteiger partial charge is 0.336 e. The first-order valence-corrected chi connectivity index (χ1v) is 9.29. The number of hydrogen-bond donors (Lipinski definition) is 1. The third-order valence-electron chi connectivity index (χ3n) is 5.06. The van der Waals surface area contributed by atoms with E-state index in [0.29, 0.717) is 12.0 Å². The summed E-state index contributed by atoms with van der Waals surface area (Å²) in [4.78, 5) is 15.0. The Bertz CT molecular complexity index is 812. The minimum atomic E-state index is 0.0970. The molecule has 2 fully saturated rings. The van der Waals surface area contributed by atoms with E-state index in [1.54, 1.807) is 6.20 Å². The molecule has 2 aromatic rings. The van der Waals surface area contributed by atoms with E-state index in [4.69, 9.17) is 11.6 Å². The Morgan fingerprint density at radius 3 is 2.84 bits per heavy atom. The number of nitrogens with zero attached hydrogens (tertiary/aromatic N) is 3. The lowest BCUT2D eigenvalue weighted by molar-refractivity contribution is 0.0708. The van der Waals surface area contributed by atoms with Crippen LogP contribution in [0.3, 0.4) is 0 Å². The minimum absolute atomic E-state index is 0.0970. The smallest absolute Gasteiger partial charge is 0.257 e. The SMILES string of the molecule is Cc1ccc(-n2ncc(C(=O)N3CCNC(C)C3)c2C2CC2)cc1Cl. The van der Waals surface area contributed by atoms with Gasteiger partial charge in [0.25, 0.3) is 5.91 Å². The highest BCUT2D eigenvalue weighted by atomic mass is 35.5. The number of carbonyl (C=O) groups is 1. The van der Waals surface area contributed by atoms with Crippen LogP contribution in [0.5, 0.6) is 0 Å². The van der Waals surface area contributed by atoms with Gasteiger partial charge in [0.2, 0.25) is 0 Å². The molecule has 1 N–H and O–H groups in total. The lowest BCUT2D eigenvalue weighted by Crippen LogP contribution is -2.51. The molecule has 1 saturated carbocycles. The van der Waals surface area contributed by atoms with E-state index in [0.717, 1.165) is 60.0 Å². The molecule has 4 rings (SSSR count). The molecule has 1 aromatic heterocycles. The molecule has 1 atom stereocenters. The number of aryl methyl sites for hydroxylation is 1. The molecule has 1 unspecified atom stereocenters. The van der Waals surface area contributed by atoms with Gasteiger partial charge in [-0.3, -0.25) is 4.79 Å². The number of benzene rings is 1.